The summed E-state index contributed by atoms with van der Waals surface area (Å²) >= 11 is 0. The Bertz CT molecular complexity index is 401. The Morgan fingerprint density at radius 1 is 1.35 bits per heavy atom. The maximum absolute atomic E-state index is 10.7. The SMILES string of the molecule is CC(=O)NCCOc1cccc2c1CCCC2. The molecule has 0 fully saturated rings. The van der Waals surface area contributed by atoms with E-state index in [-0.39, 0.29) is 5.91 Å². The van der Waals surface area contributed by atoms with Crippen LogP contribution in [0.4, 0.5) is 0 Å². The lowest BCUT2D eigenvalue weighted by Gasteiger charge is -2.19. The van der Waals surface area contributed by atoms with Crippen molar-refractivity contribution in [3.05, 3.63) is 29.3 Å². The summed E-state index contributed by atoms with van der Waals surface area (Å²) in [4.78, 5) is 10.7. The zero-order valence-corrected chi connectivity index (χ0v) is 10.3. The van der Waals surface area contributed by atoms with Crippen molar-refractivity contribution in [3.63, 3.8) is 0 Å². The fraction of sp³-hybridized carbons (Fsp3) is 0.500. The number of carbonyl (C=O) groups is 1. The summed E-state index contributed by atoms with van der Waals surface area (Å²) in [7, 11) is 0. The van der Waals surface area contributed by atoms with Gasteiger partial charge >= 0.3 is 0 Å². The Hall–Kier alpha value is -1.51. The van der Waals surface area contributed by atoms with Crippen molar-refractivity contribution in [1.29, 1.82) is 0 Å². The summed E-state index contributed by atoms with van der Waals surface area (Å²) in [5.74, 6) is 0.983. The van der Waals surface area contributed by atoms with Crippen LogP contribution in [0.15, 0.2) is 18.2 Å². The number of aryl methyl sites for hydroxylation is 1. The molecule has 1 N–H and O–H groups in total. The van der Waals surface area contributed by atoms with Crippen molar-refractivity contribution in [2.75, 3.05) is 13.2 Å². The van der Waals surface area contributed by atoms with E-state index in [2.05, 4.69) is 17.4 Å². The van der Waals surface area contributed by atoms with Crippen LogP contribution in [0.25, 0.3) is 0 Å². The quantitative estimate of drug-likeness (QED) is 0.809. The molecule has 1 aromatic rings. The van der Waals surface area contributed by atoms with Gasteiger partial charge in [-0.05, 0) is 42.9 Å². The molecule has 0 unspecified atom stereocenters. The number of amides is 1. The van der Waals surface area contributed by atoms with Crippen LogP contribution in [-0.2, 0) is 17.6 Å². The molecule has 0 aliphatic heterocycles. The zero-order valence-electron chi connectivity index (χ0n) is 10.3. The van der Waals surface area contributed by atoms with Gasteiger partial charge in [0.1, 0.15) is 12.4 Å². The number of nitrogens with one attached hydrogen (secondary N) is 1. The average Bonchev–Trinajstić information content (AvgIpc) is 2.34. The molecule has 0 aromatic heterocycles. The molecule has 0 atom stereocenters. The van der Waals surface area contributed by atoms with E-state index in [1.54, 1.807) is 0 Å². The van der Waals surface area contributed by atoms with Crippen LogP contribution in [0.2, 0.25) is 0 Å². The fourth-order valence-electron chi connectivity index (χ4n) is 2.27. The van der Waals surface area contributed by atoms with Crippen molar-refractivity contribution >= 4 is 5.91 Å². The van der Waals surface area contributed by atoms with Gasteiger partial charge in [0.15, 0.2) is 0 Å². The van der Waals surface area contributed by atoms with Gasteiger partial charge in [-0.3, -0.25) is 4.79 Å². The van der Waals surface area contributed by atoms with E-state index < -0.39 is 0 Å². The van der Waals surface area contributed by atoms with E-state index in [1.165, 1.54) is 30.9 Å². The Morgan fingerprint density at radius 2 is 2.18 bits per heavy atom. The summed E-state index contributed by atoms with van der Waals surface area (Å²) < 4.78 is 5.74. The number of hydrogen-bond donors (Lipinski definition) is 1. The summed E-state index contributed by atoms with van der Waals surface area (Å²) in [5, 5.41) is 2.73. The Balaban J connectivity index is 1.94. The molecule has 0 saturated carbocycles. The van der Waals surface area contributed by atoms with Gasteiger partial charge in [-0.2, -0.15) is 0 Å². The van der Waals surface area contributed by atoms with E-state index in [4.69, 9.17) is 4.74 Å². The minimum absolute atomic E-state index is 0.0105. The third kappa shape index (κ3) is 3.22. The average molecular weight is 233 g/mol. The number of carbonyl (C=O) groups excluding carboxylic acids is 1. The largest absolute Gasteiger partial charge is 0.491 e. The first-order valence-electron chi connectivity index (χ1n) is 6.25. The molecule has 17 heavy (non-hydrogen) atoms. The molecule has 1 aromatic carbocycles. The molecule has 0 saturated heterocycles. The monoisotopic (exact) mass is 233 g/mol. The van der Waals surface area contributed by atoms with E-state index in [0.717, 1.165) is 18.6 Å². The van der Waals surface area contributed by atoms with Crippen molar-refractivity contribution in [2.24, 2.45) is 0 Å². The third-order valence-electron chi connectivity index (χ3n) is 3.09. The van der Waals surface area contributed by atoms with Crippen LogP contribution in [0.1, 0.15) is 30.9 Å². The predicted octanol–water partition coefficient (Wildman–Crippen LogP) is 2.08. The van der Waals surface area contributed by atoms with Crippen LogP contribution in [0, 0.1) is 0 Å². The van der Waals surface area contributed by atoms with Gasteiger partial charge < -0.3 is 10.1 Å². The van der Waals surface area contributed by atoms with Crippen LogP contribution in [0.5, 0.6) is 5.75 Å². The lowest BCUT2D eigenvalue weighted by Crippen LogP contribution is -2.25. The number of fused-ring (bicyclic) bond motifs is 1. The summed E-state index contributed by atoms with van der Waals surface area (Å²) in [5.41, 5.74) is 2.79. The third-order valence-corrected chi connectivity index (χ3v) is 3.09. The van der Waals surface area contributed by atoms with Gasteiger partial charge in [0.05, 0.1) is 6.54 Å². The highest BCUT2D eigenvalue weighted by Crippen LogP contribution is 2.29. The molecule has 3 nitrogen and oxygen atoms in total. The Morgan fingerprint density at radius 3 is 3.00 bits per heavy atom. The number of hydrogen-bond acceptors (Lipinski definition) is 2. The van der Waals surface area contributed by atoms with Crippen molar-refractivity contribution in [1.82, 2.24) is 5.32 Å². The van der Waals surface area contributed by atoms with Gasteiger partial charge in [0.2, 0.25) is 5.91 Å². The second-order valence-electron chi connectivity index (χ2n) is 4.43. The standard InChI is InChI=1S/C14H19NO2/c1-11(16)15-9-10-17-14-8-4-6-12-5-2-3-7-13(12)14/h4,6,8H,2-3,5,7,9-10H2,1H3,(H,15,16). The van der Waals surface area contributed by atoms with Crippen LogP contribution in [-0.4, -0.2) is 19.1 Å². The smallest absolute Gasteiger partial charge is 0.216 e. The molecule has 92 valence electrons. The molecule has 1 amide bonds. The molecule has 0 heterocycles. The van der Waals surface area contributed by atoms with Gasteiger partial charge in [-0.1, -0.05) is 12.1 Å². The second-order valence-corrected chi connectivity index (χ2v) is 4.43. The van der Waals surface area contributed by atoms with E-state index in [1.807, 2.05) is 6.07 Å². The molecule has 3 heteroatoms. The molecule has 1 aliphatic rings. The summed E-state index contributed by atoms with van der Waals surface area (Å²) in [6.45, 7) is 2.62. The number of rotatable bonds is 4. The lowest BCUT2D eigenvalue weighted by molar-refractivity contribution is -0.119. The highest BCUT2D eigenvalue weighted by atomic mass is 16.5. The molecule has 1 aliphatic carbocycles. The van der Waals surface area contributed by atoms with Crippen molar-refractivity contribution in [2.45, 2.75) is 32.6 Å². The zero-order chi connectivity index (χ0) is 12.1. The van der Waals surface area contributed by atoms with Gasteiger partial charge in [-0.15, -0.1) is 0 Å². The molecule has 0 spiro atoms. The first-order valence-corrected chi connectivity index (χ1v) is 6.25. The Kier molecular flexibility index (Phi) is 4.02. The lowest BCUT2D eigenvalue weighted by atomic mass is 9.91. The second kappa shape index (κ2) is 5.71. The van der Waals surface area contributed by atoms with E-state index >= 15 is 0 Å². The number of benzene rings is 1. The van der Waals surface area contributed by atoms with Crippen LogP contribution in [0.3, 0.4) is 0 Å². The summed E-state index contributed by atoms with van der Waals surface area (Å²) in [6.07, 6.45) is 4.81. The van der Waals surface area contributed by atoms with Gasteiger partial charge in [0, 0.05) is 6.92 Å². The van der Waals surface area contributed by atoms with Crippen LogP contribution < -0.4 is 10.1 Å². The van der Waals surface area contributed by atoms with E-state index in [0.29, 0.717) is 13.2 Å². The highest BCUT2D eigenvalue weighted by molar-refractivity contribution is 5.72. The molecule has 0 bridgehead atoms. The molecule has 2 rings (SSSR count). The predicted molar refractivity (Wildman–Crippen MR) is 67.3 cm³/mol. The first-order chi connectivity index (χ1) is 8.27. The minimum atomic E-state index is -0.0105. The fourth-order valence-corrected chi connectivity index (χ4v) is 2.27. The van der Waals surface area contributed by atoms with Crippen molar-refractivity contribution < 1.29 is 9.53 Å². The molecular weight excluding hydrogens is 214 g/mol. The molecular formula is C14H19NO2. The number of ether oxygens (including phenoxy) is 1. The van der Waals surface area contributed by atoms with Crippen LogP contribution >= 0.6 is 0 Å². The Labute approximate surface area is 102 Å². The maximum atomic E-state index is 10.7. The normalized spacial score (nSPS) is 13.9. The highest BCUT2D eigenvalue weighted by Gasteiger charge is 2.13. The van der Waals surface area contributed by atoms with Crippen molar-refractivity contribution in [3.8, 4) is 5.75 Å². The topological polar surface area (TPSA) is 38.3 Å². The first kappa shape index (κ1) is 12.0. The van der Waals surface area contributed by atoms with Gasteiger partial charge in [0.25, 0.3) is 0 Å². The van der Waals surface area contributed by atoms with Gasteiger partial charge in [-0.25, -0.2) is 0 Å². The minimum Gasteiger partial charge on any atom is -0.491 e. The molecule has 0 radical (unpaired) electrons. The van der Waals surface area contributed by atoms with E-state index in [9.17, 15) is 4.79 Å². The maximum Gasteiger partial charge on any atom is 0.216 e. The summed E-state index contributed by atoms with van der Waals surface area (Å²) in [6, 6.07) is 6.27.